The Kier molecular flexibility index (Phi) is 7.50. The van der Waals surface area contributed by atoms with Crippen LogP contribution in [0.4, 0.5) is 0 Å². The summed E-state index contributed by atoms with van der Waals surface area (Å²) in [6.07, 6.45) is 2.68. The van der Waals surface area contributed by atoms with Gasteiger partial charge in [-0.2, -0.15) is 0 Å². The van der Waals surface area contributed by atoms with E-state index in [4.69, 9.17) is 9.47 Å². The highest BCUT2D eigenvalue weighted by atomic mass is 16.5. The normalized spacial score (nSPS) is 14.3. The van der Waals surface area contributed by atoms with E-state index in [9.17, 15) is 9.59 Å². The highest BCUT2D eigenvalue weighted by Crippen LogP contribution is 2.19. The first kappa shape index (κ1) is 20.7. The van der Waals surface area contributed by atoms with Gasteiger partial charge in [0.1, 0.15) is 11.5 Å². The molecule has 6 nitrogen and oxygen atoms in total. The van der Waals surface area contributed by atoms with Gasteiger partial charge in [-0.3, -0.25) is 9.59 Å². The number of hydrogen-bond donors (Lipinski definition) is 1. The molecule has 154 valence electrons. The quantitative estimate of drug-likeness (QED) is 0.696. The summed E-state index contributed by atoms with van der Waals surface area (Å²) in [5, 5.41) is 3.06. The number of likely N-dealkylation sites (tertiary alicyclic amines) is 1. The minimum absolute atomic E-state index is 0.0675. The van der Waals surface area contributed by atoms with Crippen molar-refractivity contribution in [3.63, 3.8) is 0 Å². The fourth-order valence-corrected chi connectivity index (χ4v) is 3.46. The Morgan fingerprint density at radius 2 is 1.72 bits per heavy atom. The van der Waals surface area contributed by atoms with Gasteiger partial charge in [-0.15, -0.1) is 0 Å². The van der Waals surface area contributed by atoms with E-state index in [0.29, 0.717) is 43.9 Å². The number of para-hydroxylation sites is 2. The van der Waals surface area contributed by atoms with Crippen LogP contribution in [0, 0.1) is 0 Å². The van der Waals surface area contributed by atoms with Crippen molar-refractivity contribution in [1.82, 2.24) is 10.2 Å². The number of carbonyl (C=O) groups excluding carboxylic acids is 2. The maximum absolute atomic E-state index is 12.5. The molecule has 1 heterocycles. The van der Waals surface area contributed by atoms with Crippen LogP contribution < -0.4 is 14.8 Å². The number of hydrogen-bond acceptors (Lipinski definition) is 4. The molecule has 2 amide bonds. The number of amides is 2. The highest BCUT2D eigenvalue weighted by Gasteiger charge is 2.24. The molecule has 0 spiro atoms. The lowest BCUT2D eigenvalue weighted by molar-refractivity contribution is -0.132. The first-order valence-corrected chi connectivity index (χ1v) is 10.1. The fraction of sp³-hybridized carbons (Fsp3) is 0.391. The lowest BCUT2D eigenvalue weighted by Gasteiger charge is -2.32. The summed E-state index contributed by atoms with van der Waals surface area (Å²) in [6.45, 7) is 1.85. The van der Waals surface area contributed by atoms with Crippen molar-refractivity contribution in [3.8, 4) is 11.5 Å². The minimum atomic E-state index is -0.134. The van der Waals surface area contributed by atoms with Crippen molar-refractivity contribution >= 4 is 11.8 Å². The van der Waals surface area contributed by atoms with Gasteiger partial charge >= 0.3 is 0 Å². The molecule has 1 aliphatic heterocycles. The van der Waals surface area contributed by atoms with Crippen molar-refractivity contribution in [1.29, 1.82) is 0 Å². The molecule has 2 aromatic carbocycles. The van der Waals surface area contributed by atoms with Gasteiger partial charge in [0.05, 0.1) is 19.3 Å². The van der Waals surface area contributed by atoms with E-state index in [1.165, 1.54) is 0 Å². The molecule has 0 atom stereocenters. The standard InChI is InChI=1S/C23H28N2O4/c1-28-21-11-6-5-10-20(21)23(27)24-18-13-15-25(16-14-18)22(26)12-7-17-29-19-8-3-2-4-9-19/h2-6,8-11,18H,7,12-17H2,1H3,(H,24,27). The maximum atomic E-state index is 12.5. The van der Waals surface area contributed by atoms with Gasteiger partial charge in [0.25, 0.3) is 5.91 Å². The van der Waals surface area contributed by atoms with E-state index in [-0.39, 0.29) is 17.9 Å². The predicted octanol–water partition coefficient (Wildman–Crippen LogP) is 3.28. The molecular formula is C23H28N2O4. The number of nitrogens with one attached hydrogen (secondary N) is 1. The number of piperidine rings is 1. The summed E-state index contributed by atoms with van der Waals surface area (Å²) >= 11 is 0. The van der Waals surface area contributed by atoms with E-state index in [1.807, 2.05) is 47.4 Å². The smallest absolute Gasteiger partial charge is 0.255 e. The molecule has 6 heteroatoms. The molecule has 1 fully saturated rings. The number of ether oxygens (including phenoxy) is 2. The van der Waals surface area contributed by atoms with E-state index in [1.54, 1.807) is 19.2 Å². The summed E-state index contributed by atoms with van der Waals surface area (Å²) in [6, 6.07) is 16.9. The third-order valence-electron chi connectivity index (χ3n) is 5.08. The Hall–Kier alpha value is -3.02. The van der Waals surface area contributed by atoms with E-state index < -0.39 is 0 Å². The monoisotopic (exact) mass is 396 g/mol. The molecule has 0 aliphatic carbocycles. The summed E-state index contributed by atoms with van der Waals surface area (Å²) in [7, 11) is 1.56. The number of benzene rings is 2. The zero-order chi connectivity index (χ0) is 20.5. The van der Waals surface area contributed by atoms with Gasteiger partial charge in [-0.1, -0.05) is 30.3 Å². The first-order valence-electron chi connectivity index (χ1n) is 10.1. The third-order valence-corrected chi connectivity index (χ3v) is 5.08. The number of carbonyl (C=O) groups is 2. The Balaban J connectivity index is 1.37. The Morgan fingerprint density at radius 1 is 1.03 bits per heavy atom. The van der Waals surface area contributed by atoms with Crippen LogP contribution in [0.1, 0.15) is 36.0 Å². The van der Waals surface area contributed by atoms with E-state index >= 15 is 0 Å². The molecule has 2 aromatic rings. The number of rotatable bonds is 8. The molecule has 1 aliphatic rings. The lowest BCUT2D eigenvalue weighted by atomic mass is 10.0. The zero-order valence-corrected chi connectivity index (χ0v) is 16.8. The first-order chi connectivity index (χ1) is 14.2. The topological polar surface area (TPSA) is 67.9 Å². The average molecular weight is 396 g/mol. The molecule has 0 saturated carbocycles. The van der Waals surface area contributed by atoms with Crippen LogP contribution in [0.15, 0.2) is 54.6 Å². The second kappa shape index (κ2) is 10.5. The van der Waals surface area contributed by atoms with Gasteiger partial charge in [0, 0.05) is 25.6 Å². The Labute approximate surface area is 171 Å². The van der Waals surface area contributed by atoms with Crippen molar-refractivity contribution < 1.29 is 19.1 Å². The molecule has 1 saturated heterocycles. The second-order valence-corrected chi connectivity index (χ2v) is 7.09. The van der Waals surface area contributed by atoms with Crippen LogP contribution in [0.3, 0.4) is 0 Å². The SMILES string of the molecule is COc1ccccc1C(=O)NC1CCN(C(=O)CCCOc2ccccc2)CC1. The van der Waals surface area contributed by atoms with Crippen molar-refractivity contribution in [3.05, 3.63) is 60.2 Å². The van der Waals surface area contributed by atoms with Crippen LogP contribution in [-0.2, 0) is 4.79 Å². The second-order valence-electron chi connectivity index (χ2n) is 7.09. The summed E-state index contributed by atoms with van der Waals surface area (Å²) in [5.41, 5.74) is 0.534. The minimum Gasteiger partial charge on any atom is -0.496 e. The van der Waals surface area contributed by atoms with E-state index in [2.05, 4.69) is 5.32 Å². The highest BCUT2D eigenvalue weighted by molar-refractivity contribution is 5.97. The Morgan fingerprint density at radius 3 is 2.45 bits per heavy atom. The van der Waals surface area contributed by atoms with Crippen molar-refractivity contribution in [2.75, 3.05) is 26.8 Å². The summed E-state index contributed by atoms with van der Waals surface area (Å²) < 4.78 is 10.9. The number of methoxy groups -OCH3 is 1. The van der Waals surface area contributed by atoms with Crippen LogP contribution >= 0.6 is 0 Å². The number of nitrogens with zero attached hydrogens (tertiary/aromatic N) is 1. The van der Waals surface area contributed by atoms with Crippen molar-refractivity contribution in [2.24, 2.45) is 0 Å². The Bertz CT molecular complexity index is 802. The van der Waals surface area contributed by atoms with Crippen LogP contribution in [0.5, 0.6) is 11.5 Å². The summed E-state index contributed by atoms with van der Waals surface area (Å²) in [4.78, 5) is 26.8. The van der Waals surface area contributed by atoms with Crippen LogP contribution in [0.25, 0.3) is 0 Å². The fourth-order valence-electron chi connectivity index (χ4n) is 3.46. The van der Waals surface area contributed by atoms with Crippen molar-refractivity contribution in [2.45, 2.75) is 31.7 Å². The van der Waals surface area contributed by atoms with Crippen LogP contribution in [-0.4, -0.2) is 49.6 Å². The van der Waals surface area contributed by atoms with Gasteiger partial charge in [-0.05, 0) is 43.5 Å². The molecule has 1 N–H and O–H groups in total. The molecule has 0 radical (unpaired) electrons. The molecular weight excluding hydrogens is 368 g/mol. The maximum Gasteiger partial charge on any atom is 0.255 e. The van der Waals surface area contributed by atoms with Gasteiger partial charge in [0.15, 0.2) is 0 Å². The molecule has 0 aromatic heterocycles. The lowest BCUT2D eigenvalue weighted by Crippen LogP contribution is -2.46. The molecule has 0 unspecified atom stereocenters. The molecule has 0 bridgehead atoms. The van der Waals surface area contributed by atoms with E-state index in [0.717, 1.165) is 18.6 Å². The van der Waals surface area contributed by atoms with Gasteiger partial charge < -0.3 is 19.7 Å². The molecule has 3 rings (SSSR count). The van der Waals surface area contributed by atoms with Crippen LogP contribution in [0.2, 0.25) is 0 Å². The van der Waals surface area contributed by atoms with Gasteiger partial charge in [0.2, 0.25) is 5.91 Å². The average Bonchev–Trinajstić information content (AvgIpc) is 2.77. The predicted molar refractivity (Wildman–Crippen MR) is 111 cm³/mol. The largest absolute Gasteiger partial charge is 0.496 e. The summed E-state index contributed by atoms with van der Waals surface area (Å²) in [5.74, 6) is 1.41. The van der Waals surface area contributed by atoms with Gasteiger partial charge in [-0.25, -0.2) is 0 Å². The molecule has 29 heavy (non-hydrogen) atoms. The third kappa shape index (κ3) is 5.98. The zero-order valence-electron chi connectivity index (χ0n) is 16.8.